The fourth-order valence-corrected chi connectivity index (χ4v) is 2.53. The lowest BCUT2D eigenvalue weighted by Gasteiger charge is -2.30. The molecule has 1 unspecified atom stereocenters. The number of rotatable bonds is 5. The predicted octanol–water partition coefficient (Wildman–Crippen LogP) is 1.53. The van der Waals surface area contributed by atoms with E-state index in [1.807, 2.05) is 6.92 Å². The normalized spacial score (nSPS) is 19.3. The molecule has 0 radical (unpaired) electrons. The van der Waals surface area contributed by atoms with Gasteiger partial charge in [0.15, 0.2) is 0 Å². The van der Waals surface area contributed by atoms with Gasteiger partial charge in [0.25, 0.3) is 0 Å². The van der Waals surface area contributed by atoms with Crippen molar-refractivity contribution >= 4 is 0 Å². The summed E-state index contributed by atoms with van der Waals surface area (Å²) in [5.41, 5.74) is 8.47. The first-order chi connectivity index (χ1) is 8.61. The third-order valence-corrected chi connectivity index (χ3v) is 3.79. The van der Waals surface area contributed by atoms with E-state index in [0.717, 1.165) is 38.9 Å². The van der Waals surface area contributed by atoms with E-state index in [0.29, 0.717) is 0 Å². The van der Waals surface area contributed by atoms with Crippen LogP contribution < -0.4 is 5.73 Å². The molecule has 0 saturated carbocycles. The van der Waals surface area contributed by atoms with Crippen molar-refractivity contribution < 1.29 is 5.11 Å². The molecule has 1 aliphatic heterocycles. The fraction of sp³-hybridized carbons (Fsp3) is 0.600. The SMILES string of the molecule is CC(N)(CO)CCCN1CCc2ccccc2C1. The predicted molar refractivity (Wildman–Crippen MR) is 74.3 cm³/mol. The lowest BCUT2D eigenvalue weighted by molar-refractivity contribution is 0.184. The molecule has 100 valence electrons. The lowest BCUT2D eigenvalue weighted by Crippen LogP contribution is -2.41. The third kappa shape index (κ3) is 3.55. The Labute approximate surface area is 110 Å². The zero-order valence-electron chi connectivity index (χ0n) is 11.2. The van der Waals surface area contributed by atoms with Crippen LogP contribution >= 0.6 is 0 Å². The van der Waals surface area contributed by atoms with Crippen molar-refractivity contribution in [1.82, 2.24) is 4.90 Å². The molecular weight excluding hydrogens is 224 g/mol. The number of fused-ring (bicyclic) bond motifs is 1. The van der Waals surface area contributed by atoms with Crippen LogP contribution in [0.2, 0.25) is 0 Å². The lowest BCUT2D eigenvalue weighted by atomic mass is 9.97. The highest BCUT2D eigenvalue weighted by molar-refractivity contribution is 5.28. The summed E-state index contributed by atoms with van der Waals surface area (Å²) in [6, 6.07) is 8.69. The first-order valence-electron chi connectivity index (χ1n) is 6.80. The van der Waals surface area contributed by atoms with Crippen molar-refractivity contribution in [1.29, 1.82) is 0 Å². The molecule has 3 heteroatoms. The fourth-order valence-electron chi connectivity index (χ4n) is 2.53. The number of benzene rings is 1. The molecule has 2 rings (SSSR count). The van der Waals surface area contributed by atoms with Crippen LogP contribution in [0.1, 0.15) is 30.9 Å². The Kier molecular flexibility index (Phi) is 4.38. The first kappa shape index (κ1) is 13.5. The highest BCUT2D eigenvalue weighted by Gasteiger charge is 2.19. The minimum absolute atomic E-state index is 0.0653. The molecule has 1 aliphatic rings. The van der Waals surface area contributed by atoms with Crippen molar-refractivity contribution in [2.75, 3.05) is 19.7 Å². The zero-order chi connectivity index (χ0) is 13.0. The largest absolute Gasteiger partial charge is 0.394 e. The number of aliphatic hydroxyl groups excluding tert-OH is 1. The van der Waals surface area contributed by atoms with Gasteiger partial charge in [0.1, 0.15) is 0 Å². The molecule has 0 amide bonds. The highest BCUT2D eigenvalue weighted by atomic mass is 16.3. The second kappa shape index (κ2) is 5.83. The van der Waals surface area contributed by atoms with E-state index in [1.54, 1.807) is 0 Å². The Morgan fingerprint density at radius 1 is 1.33 bits per heavy atom. The molecule has 1 atom stereocenters. The van der Waals surface area contributed by atoms with E-state index >= 15 is 0 Å². The van der Waals surface area contributed by atoms with E-state index in [-0.39, 0.29) is 6.61 Å². The summed E-state index contributed by atoms with van der Waals surface area (Å²) in [6.45, 7) is 5.24. The van der Waals surface area contributed by atoms with Crippen molar-refractivity contribution in [3.05, 3.63) is 35.4 Å². The smallest absolute Gasteiger partial charge is 0.0608 e. The summed E-state index contributed by atoms with van der Waals surface area (Å²) < 4.78 is 0. The minimum atomic E-state index is -0.423. The van der Waals surface area contributed by atoms with Crippen LogP contribution in [0.25, 0.3) is 0 Å². The van der Waals surface area contributed by atoms with Crippen LogP contribution in [0.3, 0.4) is 0 Å². The van der Waals surface area contributed by atoms with Gasteiger partial charge in [-0.3, -0.25) is 4.90 Å². The third-order valence-electron chi connectivity index (χ3n) is 3.79. The van der Waals surface area contributed by atoms with Crippen LogP contribution in [0.5, 0.6) is 0 Å². The van der Waals surface area contributed by atoms with E-state index in [9.17, 15) is 0 Å². The van der Waals surface area contributed by atoms with Crippen LogP contribution in [-0.4, -0.2) is 35.2 Å². The molecule has 0 bridgehead atoms. The molecule has 18 heavy (non-hydrogen) atoms. The molecule has 3 N–H and O–H groups in total. The topological polar surface area (TPSA) is 49.5 Å². The van der Waals surface area contributed by atoms with E-state index < -0.39 is 5.54 Å². The number of aliphatic hydroxyl groups is 1. The zero-order valence-corrected chi connectivity index (χ0v) is 11.2. The first-order valence-corrected chi connectivity index (χ1v) is 6.80. The molecule has 1 heterocycles. The minimum Gasteiger partial charge on any atom is -0.394 e. The molecule has 0 aliphatic carbocycles. The van der Waals surface area contributed by atoms with Gasteiger partial charge in [-0.2, -0.15) is 0 Å². The number of hydrogen-bond donors (Lipinski definition) is 2. The van der Waals surface area contributed by atoms with Gasteiger partial charge in [-0.25, -0.2) is 0 Å². The van der Waals surface area contributed by atoms with Gasteiger partial charge >= 0.3 is 0 Å². The maximum Gasteiger partial charge on any atom is 0.0608 e. The summed E-state index contributed by atoms with van der Waals surface area (Å²) in [5.74, 6) is 0. The van der Waals surface area contributed by atoms with Gasteiger partial charge in [-0.05, 0) is 43.9 Å². The van der Waals surface area contributed by atoms with Crippen molar-refractivity contribution in [3.63, 3.8) is 0 Å². The quantitative estimate of drug-likeness (QED) is 0.831. The summed E-state index contributed by atoms with van der Waals surface area (Å²) in [6.07, 6.45) is 3.08. The number of nitrogens with two attached hydrogens (primary N) is 1. The Morgan fingerprint density at radius 2 is 2.06 bits per heavy atom. The van der Waals surface area contributed by atoms with Gasteiger partial charge in [0.2, 0.25) is 0 Å². The van der Waals surface area contributed by atoms with E-state index in [2.05, 4.69) is 29.2 Å². The van der Waals surface area contributed by atoms with Crippen LogP contribution in [0.4, 0.5) is 0 Å². The summed E-state index contributed by atoms with van der Waals surface area (Å²) >= 11 is 0. The van der Waals surface area contributed by atoms with Crippen LogP contribution in [0.15, 0.2) is 24.3 Å². The average Bonchev–Trinajstić information content (AvgIpc) is 2.38. The molecular formula is C15H24N2O. The molecule has 1 aromatic carbocycles. The second-order valence-corrected chi connectivity index (χ2v) is 5.71. The molecule has 1 aromatic rings. The van der Waals surface area contributed by atoms with Crippen molar-refractivity contribution in [3.8, 4) is 0 Å². The van der Waals surface area contributed by atoms with Crippen molar-refractivity contribution in [2.24, 2.45) is 5.73 Å². The Hall–Kier alpha value is -0.900. The van der Waals surface area contributed by atoms with Crippen LogP contribution in [-0.2, 0) is 13.0 Å². The Morgan fingerprint density at radius 3 is 2.78 bits per heavy atom. The van der Waals surface area contributed by atoms with Crippen LogP contribution in [0, 0.1) is 0 Å². The van der Waals surface area contributed by atoms with Crippen molar-refractivity contribution in [2.45, 2.75) is 38.3 Å². The van der Waals surface area contributed by atoms with E-state index in [1.165, 1.54) is 11.1 Å². The summed E-state index contributed by atoms with van der Waals surface area (Å²) in [7, 11) is 0. The second-order valence-electron chi connectivity index (χ2n) is 5.71. The van der Waals surface area contributed by atoms with Gasteiger partial charge < -0.3 is 10.8 Å². The number of nitrogens with zero attached hydrogens (tertiary/aromatic N) is 1. The monoisotopic (exact) mass is 248 g/mol. The Balaban J connectivity index is 1.80. The highest BCUT2D eigenvalue weighted by Crippen LogP contribution is 2.19. The standard InChI is InChI=1S/C15H24N2O/c1-15(16,12-18)8-4-9-17-10-7-13-5-2-3-6-14(13)11-17/h2-3,5-6,18H,4,7-12,16H2,1H3. The van der Waals surface area contributed by atoms with E-state index in [4.69, 9.17) is 10.8 Å². The van der Waals surface area contributed by atoms with Gasteiger partial charge in [-0.1, -0.05) is 24.3 Å². The molecule has 0 saturated heterocycles. The van der Waals surface area contributed by atoms with Gasteiger partial charge in [-0.15, -0.1) is 0 Å². The summed E-state index contributed by atoms with van der Waals surface area (Å²) in [5, 5.41) is 9.12. The van der Waals surface area contributed by atoms with Gasteiger partial charge in [0, 0.05) is 18.6 Å². The molecule has 3 nitrogen and oxygen atoms in total. The summed E-state index contributed by atoms with van der Waals surface area (Å²) in [4.78, 5) is 2.48. The molecule has 0 fully saturated rings. The maximum absolute atomic E-state index is 9.12. The maximum atomic E-state index is 9.12. The number of hydrogen-bond acceptors (Lipinski definition) is 3. The Bertz CT molecular complexity index is 390. The van der Waals surface area contributed by atoms with Gasteiger partial charge in [0.05, 0.1) is 6.61 Å². The average molecular weight is 248 g/mol. The molecule has 0 spiro atoms. The molecule has 0 aromatic heterocycles.